The second kappa shape index (κ2) is 8.61. The van der Waals surface area contributed by atoms with Gasteiger partial charge in [0, 0.05) is 33.0 Å². The van der Waals surface area contributed by atoms with Gasteiger partial charge in [0.25, 0.3) is 0 Å². The molecule has 2 fully saturated rings. The molecule has 2 atom stereocenters. The molecule has 2 aromatic rings. The van der Waals surface area contributed by atoms with Crippen molar-refractivity contribution < 1.29 is 18.8 Å². The summed E-state index contributed by atoms with van der Waals surface area (Å²) in [6.45, 7) is 1.23. The van der Waals surface area contributed by atoms with Crippen LogP contribution in [0.4, 0.5) is 4.39 Å². The molecule has 4 rings (SSSR count). The number of carbonyl (C=O) groups is 3. The minimum absolute atomic E-state index is 0.113. The van der Waals surface area contributed by atoms with Crippen molar-refractivity contribution >= 4 is 17.7 Å². The van der Waals surface area contributed by atoms with Crippen LogP contribution < -0.4 is 0 Å². The summed E-state index contributed by atoms with van der Waals surface area (Å²) in [5.41, 5.74) is 0.336. The molecule has 0 spiro atoms. The van der Waals surface area contributed by atoms with Crippen LogP contribution in [0.1, 0.15) is 49.1 Å². The Balaban J connectivity index is 1.55. The number of likely N-dealkylation sites (tertiary alicyclic amines) is 2. The summed E-state index contributed by atoms with van der Waals surface area (Å²) in [7, 11) is 1.42. The molecule has 162 valence electrons. The Morgan fingerprint density at radius 1 is 1.06 bits per heavy atom. The van der Waals surface area contributed by atoms with Crippen LogP contribution in [0, 0.1) is 5.82 Å². The van der Waals surface area contributed by atoms with Gasteiger partial charge in [0.05, 0.1) is 5.41 Å². The summed E-state index contributed by atoms with van der Waals surface area (Å²) < 4.78 is 14.0. The number of hydrogen-bond acceptors (Lipinski definition) is 3. The number of nitrogens with zero attached hydrogens (tertiary/aromatic N) is 2. The first kappa shape index (κ1) is 21.2. The fourth-order valence-electron chi connectivity index (χ4n) is 4.91. The third-order valence-electron chi connectivity index (χ3n) is 6.72. The molecule has 0 radical (unpaired) electrons. The van der Waals surface area contributed by atoms with E-state index in [9.17, 15) is 18.8 Å². The number of likely N-dealkylation sites (N-methyl/N-ethyl adjacent to an activating group) is 1. The molecule has 0 unspecified atom stereocenters. The number of rotatable bonds is 4. The van der Waals surface area contributed by atoms with Crippen LogP contribution in [0.25, 0.3) is 0 Å². The SMILES string of the molecule is CN1C(=O)C[C@@](CC(=O)N2CCC[C@H](c3ccccc3)CC2)(c2cccc(F)c2)C1=O. The maximum absolute atomic E-state index is 14.0. The molecular weight excluding hydrogens is 395 g/mol. The van der Waals surface area contributed by atoms with E-state index >= 15 is 0 Å². The second-order valence-electron chi connectivity index (χ2n) is 8.62. The van der Waals surface area contributed by atoms with Crippen molar-refractivity contribution in [3.05, 3.63) is 71.5 Å². The topological polar surface area (TPSA) is 57.7 Å². The number of hydrogen-bond donors (Lipinski definition) is 0. The lowest BCUT2D eigenvalue weighted by Crippen LogP contribution is -2.43. The highest BCUT2D eigenvalue weighted by atomic mass is 19.1. The molecule has 0 aliphatic carbocycles. The molecule has 0 saturated carbocycles. The maximum Gasteiger partial charge on any atom is 0.240 e. The van der Waals surface area contributed by atoms with Crippen LogP contribution in [0.3, 0.4) is 0 Å². The van der Waals surface area contributed by atoms with Gasteiger partial charge in [-0.25, -0.2) is 4.39 Å². The van der Waals surface area contributed by atoms with E-state index in [4.69, 9.17) is 0 Å². The lowest BCUT2D eigenvalue weighted by atomic mass is 9.75. The highest BCUT2D eigenvalue weighted by Gasteiger charge is 2.53. The van der Waals surface area contributed by atoms with Gasteiger partial charge in [0.15, 0.2) is 0 Å². The smallest absolute Gasteiger partial charge is 0.240 e. The van der Waals surface area contributed by atoms with Crippen LogP contribution in [-0.4, -0.2) is 47.7 Å². The van der Waals surface area contributed by atoms with E-state index in [1.54, 1.807) is 11.0 Å². The van der Waals surface area contributed by atoms with Crippen LogP contribution in [0.15, 0.2) is 54.6 Å². The predicted octanol–water partition coefficient (Wildman–Crippen LogP) is 3.64. The van der Waals surface area contributed by atoms with Gasteiger partial charge in [0.2, 0.25) is 17.7 Å². The molecule has 31 heavy (non-hydrogen) atoms. The summed E-state index contributed by atoms with van der Waals surface area (Å²) in [5, 5.41) is 0. The fourth-order valence-corrected chi connectivity index (χ4v) is 4.91. The summed E-state index contributed by atoms with van der Waals surface area (Å²) in [6, 6.07) is 16.0. The van der Waals surface area contributed by atoms with Crippen molar-refractivity contribution in [1.82, 2.24) is 9.80 Å². The Labute approximate surface area is 181 Å². The number of benzene rings is 2. The maximum atomic E-state index is 14.0. The quantitative estimate of drug-likeness (QED) is 0.707. The van der Waals surface area contributed by atoms with Gasteiger partial charge in [-0.2, -0.15) is 0 Å². The van der Waals surface area contributed by atoms with E-state index in [-0.39, 0.29) is 24.7 Å². The van der Waals surface area contributed by atoms with Crippen LogP contribution in [-0.2, 0) is 19.8 Å². The van der Waals surface area contributed by atoms with Crippen molar-refractivity contribution in [1.29, 1.82) is 0 Å². The molecule has 0 aromatic heterocycles. The van der Waals surface area contributed by atoms with Crippen molar-refractivity contribution in [2.24, 2.45) is 0 Å². The number of halogens is 1. The Morgan fingerprint density at radius 2 is 1.84 bits per heavy atom. The standard InChI is InChI=1S/C25H27FN2O3/c1-27-22(29)16-25(24(27)31,20-10-5-11-21(26)15-20)17-23(30)28-13-6-9-19(12-14-28)18-7-3-2-4-8-18/h2-5,7-8,10-11,15,19H,6,9,12-14,16-17H2,1H3/t19-,25+/m0/s1. The molecule has 2 heterocycles. The van der Waals surface area contributed by atoms with E-state index < -0.39 is 17.1 Å². The summed E-state index contributed by atoms with van der Waals surface area (Å²) in [4.78, 5) is 41.6. The molecule has 3 amide bonds. The number of amides is 3. The second-order valence-corrected chi connectivity index (χ2v) is 8.62. The Morgan fingerprint density at radius 3 is 2.52 bits per heavy atom. The number of carbonyl (C=O) groups excluding carboxylic acids is 3. The highest BCUT2D eigenvalue weighted by molar-refractivity contribution is 6.10. The average molecular weight is 423 g/mol. The lowest BCUT2D eigenvalue weighted by molar-refractivity contribution is -0.141. The average Bonchev–Trinajstić information content (AvgIpc) is 2.96. The molecule has 0 N–H and O–H groups in total. The molecule has 2 saturated heterocycles. The predicted molar refractivity (Wildman–Crippen MR) is 115 cm³/mol. The van der Waals surface area contributed by atoms with Crippen molar-refractivity contribution in [2.45, 2.75) is 43.4 Å². The van der Waals surface area contributed by atoms with E-state index in [0.29, 0.717) is 24.6 Å². The first-order valence-corrected chi connectivity index (χ1v) is 10.8. The lowest BCUT2D eigenvalue weighted by Gasteiger charge is -2.30. The first-order valence-electron chi connectivity index (χ1n) is 10.8. The molecule has 2 aliphatic heterocycles. The van der Waals surface area contributed by atoms with E-state index in [0.717, 1.165) is 24.2 Å². The molecule has 6 heteroatoms. The molecule has 2 aromatic carbocycles. The third-order valence-corrected chi connectivity index (χ3v) is 6.72. The Kier molecular flexibility index (Phi) is 5.90. The monoisotopic (exact) mass is 422 g/mol. The van der Waals surface area contributed by atoms with Crippen LogP contribution >= 0.6 is 0 Å². The van der Waals surface area contributed by atoms with Crippen LogP contribution in [0.2, 0.25) is 0 Å². The van der Waals surface area contributed by atoms with Crippen molar-refractivity contribution in [3.8, 4) is 0 Å². The largest absolute Gasteiger partial charge is 0.343 e. The molecule has 0 bridgehead atoms. The Hall–Kier alpha value is -3.02. The van der Waals surface area contributed by atoms with E-state index in [2.05, 4.69) is 12.1 Å². The van der Waals surface area contributed by atoms with Gasteiger partial charge in [-0.05, 0) is 48.4 Å². The van der Waals surface area contributed by atoms with Gasteiger partial charge < -0.3 is 4.90 Å². The molecular formula is C25H27FN2O3. The summed E-state index contributed by atoms with van der Waals surface area (Å²) in [6.07, 6.45) is 2.50. The van der Waals surface area contributed by atoms with Crippen LogP contribution in [0.5, 0.6) is 0 Å². The minimum Gasteiger partial charge on any atom is -0.343 e. The van der Waals surface area contributed by atoms with Crippen molar-refractivity contribution in [2.75, 3.05) is 20.1 Å². The summed E-state index contributed by atoms with van der Waals surface area (Å²) >= 11 is 0. The highest BCUT2D eigenvalue weighted by Crippen LogP contribution is 2.40. The zero-order chi connectivity index (χ0) is 22.0. The third kappa shape index (κ3) is 4.11. The van der Waals surface area contributed by atoms with Crippen molar-refractivity contribution in [3.63, 3.8) is 0 Å². The first-order chi connectivity index (χ1) is 14.9. The fraction of sp³-hybridized carbons (Fsp3) is 0.400. The number of imide groups is 1. The van der Waals surface area contributed by atoms with Gasteiger partial charge in [-0.1, -0.05) is 42.5 Å². The van der Waals surface area contributed by atoms with E-state index in [1.165, 1.54) is 30.8 Å². The van der Waals surface area contributed by atoms with Gasteiger partial charge in [-0.15, -0.1) is 0 Å². The van der Waals surface area contributed by atoms with Gasteiger partial charge >= 0.3 is 0 Å². The van der Waals surface area contributed by atoms with Gasteiger partial charge in [0.1, 0.15) is 5.82 Å². The zero-order valence-corrected chi connectivity index (χ0v) is 17.7. The zero-order valence-electron chi connectivity index (χ0n) is 17.7. The van der Waals surface area contributed by atoms with E-state index in [1.807, 2.05) is 18.2 Å². The normalized spacial score (nSPS) is 24.4. The molecule has 5 nitrogen and oxygen atoms in total. The Bertz CT molecular complexity index is 993. The summed E-state index contributed by atoms with van der Waals surface area (Å²) in [5.74, 6) is -1.03. The van der Waals surface area contributed by atoms with Gasteiger partial charge in [-0.3, -0.25) is 19.3 Å². The minimum atomic E-state index is -1.34. The molecule has 2 aliphatic rings.